The van der Waals surface area contributed by atoms with Crippen LogP contribution in [0.15, 0.2) is 0 Å². The van der Waals surface area contributed by atoms with E-state index in [9.17, 15) is 14.7 Å². The number of nitrogens with zero attached hydrogens (tertiary/aromatic N) is 1. The van der Waals surface area contributed by atoms with Gasteiger partial charge in [0.1, 0.15) is 5.37 Å². The maximum Gasteiger partial charge on any atom is 0.342 e. The van der Waals surface area contributed by atoms with E-state index in [0.29, 0.717) is 11.4 Å². The van der Waals surface area contributed by atoms with Crippen LogP contribution in [0.25, 0.3) is 0 Å². The number of rotatable bonds is 3. The summed E-state index contributed by atoms with van der Waals surface area (Å²) in [5.41, 5.74) is -1.53. The number of hydrogen-bond donors (Lipinski definition) is 2. The van der Waals surface area contributed by atoms with Crippen LogP contribution >= 0.6 is 24.0 Å². The van der Waals surface area contributed by atoms with E-state index in [1.54, 1.807) is 16.7 Å². The Bertz CT molecular complexity index is 483. The second kappa shape index (κ2) is 3.39. The molecule has 18 heavy (non-hydrogen) atoms. The molecule has 0 aromatic rings. The van der Waals surface area contributed by atoms with Crippen LogP contribution in [0.5, 0.6) is 0 Å². The molecule has 2 saturated heterocycles. The third-order valence-corrected chi connectivity index (χ3v) is 6.22. The fourth-order valence-electron chi connectivity index (χ4n) is 2.78. The van der Waals surface area contributed by atoms with E-state index in [0.717, 1.165) is 6.42 Å². The van der Waals surface area contributed by atoms with Gasteiger partial charge in [-0.25, -0.2) is 4.79 Å². The van der Waals surface area contributed by atoms with Crippen LogP contribution in [0.4, 0.5) is 0 Å². The first kappa shape index (κ1) is 12.2. The fourth-order valence-corrected chi connectivity index (χ4v) is 4.77. The number of thiocarbonyl (C=S) groups is 1. The van der Waals surface area contributed by atoms with Crippen molar-refractivity contribution in [2.45, 2.75) is 48.4 Å². The number of carbonyl (C=O) groups is 2. The molecule has 7 heteroatoms. The van der Waals surface area contributed by atoms with Gasteiger partial charge < -0.3 is 15.3 Å². The van der Waals surface area contributed by atoms with Crippen LogP contribution in [0, 0.1) is 0 Å². The molecule has 5 nitrogen and oxygen atoms in total. The molecule has 1 saturated carbocycles. The lowest BCUT2D eigenvalue weighted by Gasteiger charge is -2.51. The number of amides is 1. The Kier molecular flexibility index (Phi) is 2.30. The molecule has 1 amide bonds. The molecule has 3 aliphatic rings. The summed E-state index contributed by atoms with van der Waals surface area (Å²) in [6.07, 6.45) is 1.50. The summed E-state index contributed by atoms with van der Waals surface area (Å²) in [6, 6.07) is 0.212. The summed E-state index contributed by atoms with van der Waals surface area (Å²) >= 11 is 6.63. The highest BCUT2D eigenvalue weighted by Crippen LogP contribution is 2.66. The van der Waals surface area contributed by atoms with Crippen LogP contribution < -0.4 is 5.32 Å². The number of thioether (sulfide) groups is 1. The Hall–Kier alpha value is -0.820. The molecule has 1 aliphatic carbocycles. The molecular formula is C11H14N2O3S2. The molecular weight excluding hydrogens is 272 g/mol. The first-order chi connectivity index (χ1) is 8.36. The molecule has 98 valence electrons. The summed E-state index contributed by atoms with van der Waals surface area (Å²) < 4.78 is 0.0487. The summed E-state index contributed by atoms with van der Waals surface area (Å²) in [6.45, 7) is 3.92. The minimum atomic E-state index is -1.53. The van der Waals surface area contributed by atoms with E-state index in [1.807, 2.05) is 6.92 Å². The predicted octanol–water partition coefficient (Wildman–Crippen LogP) is 0.583. The van der Waals surface area contributed by atoms with Crippen LogP contribution in [0.3, 0.4) is 0 Å². The van der Waals surface area contributed by atoms with Crippen molar-refractivity contribution in [3.8, 4) is 0 Å². The summed E-state index contributed by atoms with van der Waals surface area (Å²) in [5.74, 6) is -1.46. The average molecular weight is 286 g/mol. The number of fused-ring (bicyclic) bond motifs is 3. The Morgan fingerprint density at radius 2 is 2.39 bits per heavy atom. The minimum Gasteiger partial charge on any atom is -0.479 e. The molecule has 0 radical (unpaired) electrons. The molecule has 2 heterocycles. The van der Waals surface area contributed by atoms with Crippen molar-refractivity contribution in [3.63, 3.8) is 0 Å². The lowest BCUT2D eigenvalue weighted by molar-refractivity contribution is -0.169. The molecule has 3 rings (SSSR count). The lowest BCUT2D eigenvalue weighted by Crippen LogP contribution is -2.81. The van der Waals surface area contributed by atoms with Crippen molar-refractivity contribution in [3.05, 3.63) is 0 Å². The van der Waals surface area contributed by atoms with Gasteiger partial charge in [-0.15, -0.1) is 11.8 Å². The average Bonchev–Trinajstić information content (AvgIpc) is 2.88. The number of carbonyl (C=O) groups excluding carboxylic acids is 1. The van der Waals surface area contributed by atoms with Crippen LogP contribution in [-0.2, 0) is 9.59 Å². The largest absolute Gasteiger partial charge is 0.479 e. The molecule has 0 bridgehead atoms. The Morgan fingerprint density at radius 1 is 1.72 bits per heavy atom. The standard InChI is InChI=1S/C11H14N2O3S2/c1-3-6(17)12-11(9(15)16)7(14)13-5-4-10(5,2)18-8(11)13/h5,8H,3-4H2,1-2H3,(H,12,17)(H,15,16)/t5?,8-,10?,11?/m0/s1. The van der Waals surface area contributed by atoms with Crippen molar-refractivity contribution < 1.29 is 14.7 Å². The van der Waals surface area contributed by atoms with Gasteiger partial charge in [-0.2, -0.15) is 0 Å². The second-order valence-electron chi connectivity index (χ2n) is 5.23. The van der Waals surface area contributed by atoms with Gasteiger partial charge in [-0.05, 0) is 19.8 Å². The van der Waals surface area contributed by atoms with E-state index in [-0.39, 0.29) is 22.1 Å². The van der Waals surface area contributed by atoms with E-state index in [1.165, 1.54) is 0 Å². The van der Waals surface area contributed by atoms with E-state index >= 15 is 0 Å². The number of nitrogens with one attached hydrogen (secondary N) is 1. The quantitative estimate of drug-likeness (QED) is 0.449. The molecule has 3 fully saturated rings. The Labute approximate surface area is 114 Å². The first-order valence-corrected chi connectivity index (χ1v) is 7.20. The molecule has 2 N–H and O–H groups in total. The first-order valence-electron chi connectivity index (χ1n) is 5.92. The SMILES string of the molecule is CCC(=S)NC1(C(=O)O)C(=O)N2C3CC3(C)S[C@H]21. The maximum absolute atomic E-state index is 12.2. The molecule has 0 spiro atoms. The van der Waals surface area contributed by atoms with E-state index in [2.05, 4.69) is 12.2 Å². The van der Waals surface area contributed by atoms with Crippen LogP contribution in [0.2, 0.25) is 0 Å². The van der Waals surface area contributed by atoms with Gasteiger partial charge >= 0.3 is 5.97 Å². The van der Waals surface area contributed by atoms with Crippen molar-refractivity contribution in [1.82, 2.24) is 10.2 Å². The molecule has 0 aromatic heterocycles. The molecule has 4 atom stereocenters. The summed E-state index contributed by atoms with van der Waals surface area (Å²) in [5, 5.41) is 11.9. The lowest BCUT2D eigenvalue weighted by atomic mass is 9.87. The predicted molar refractivity (Wildman–Crippen MR) is 71.4 cm³/mol. The zero-order valence-corrected chi connectivity index (χ0v) is 11.7. The van der Waals surface area contributed by atoms with Gasteiger partial charge in [-0.3, -0.25) is 4.79 Å². The van der Waals surface area contributed by atoms with Crippen molar-refractivity contribution in [1.29, 1.82) is 0 Å². The van der Waals surface area contributed by atoms with E-state index in [4.69, 9.17) is 12.2 Å². The number of aliphatic carboxylic acids is 1. The van der Waals surface area contributed by atoms with Crippen molar-refractivity contribution >= 4 is 40.8 Å². The summed E-state index contributed by atoms with van der Waals surface area (Å²) in [7, 11) is 0. The van der Waals surface area contributed by atoms with Gasteiger partial charge in [0.15, 0.2) is 0 Å². The number of hydrogen-bond acceptors (Lipinski definition) is 4. The van der Waals surface area contributed by atoms with E-state index < -0.39 is 11.5 Å². The summed E-state index contributed by atoms with van der Waals surface area (Å²) in [4.78, 5) is 25.9. The smallest absolute Gasteiger partial charge is 0.342 e. The van der Waals surface area contributed by atoms with Gasteiger partial charge in [-0.1, -0.05) is 19.1 Å². The molecule has 0 aromatic carbocycles. The van der Waals surface area contributed by atoms with Crippen molar-refractivity contribution in [2.75, 3.05) is 0 Å². The normalized spacial score (nSPS) is 43.9. The number of carboxylic acids is 1. The van der Waals surface area contributed by atoms with Crippen LogP contribution in [-0.4, -0.2) is 48.6 Å². The minimum absolute atomic E-state index is 0.0487. The monoisotopic (exact) mass is 286 g/mol. The topological polar surface area (TPSA) is 69.6 Å². The Morgan fingerprint density at radius 3 is 2.94 bits per heavy atom. The fraction of sp³-hybridized carbons (Fsp3) is 0.727. The Balaban J connectivity index is 1.91. The zero-order chi connectivity index (χ0) is 13.3. The molecule has 3 unspecified atom stereocenters. The number of carboxylic acid groups (broad SMARTS) is 1. The van der Waals surface area contributed by atoms with Crippen molar-refractivity contribution in [2.24, 2.45) is 0 Å². The molecule has 2 aliphatic heterocycles. The highest BCUT2D eigenvalue weighted by molar-refractivity contribution is 8.02. The van der Waals surface area contributed by atoms with Gasteiger partial charge in [0, 0.05) is 10.8 Å². The van der Waals surface area contributed by atoms with Gasteiger partial charge in [0.2, 0.25) is 5.54 Å². The highest BCUT2D eigenvalue weighted by Gasteiger charge is 2.79. The highest BCUT2D eigenvalue weighted by atomic mass is 32.2. The number of β-lactam (4-membered cyclic amide) rings is 1. The van der Waals surface area contributed by atoms with Gasteiger partial charge in [0.25, 0.3) is 5.91 Å². The third-order valence-electron chi connectivity index (χ3n) is 4.05. The second-order valence-corrected chi connectivity index (χ2v) is 7.34. The van der Waals surface area contributed by atoms with Gasteiger partial charge in [0.05, 0.1) is 4.99 Å². The van der Waals surface area contributed by atoms with Crippen LogP contribution in [0.1, 0.15) is 26.7 Å². The third kappa shape index (κ3) is 1.21. The maximum atomic E-state index is 12.2. The zero-order valence-electron chi connectivity index (χ0n) is 10.1.